The van der Waals surface area contributed by atoms with E-state index in [1.54, 1.807) is 53.4 Å². The molecule has 1 fully saturated rings. The van der Waals surface area contributed by atoms with Crippen molar-refractivity contribution in [3.8, 4) is 11.5 Å². The number of carbonyl (C=O) groups excluding carboxylic acids is 3. The lowest BCUT2D eigenvalue weighted by Crippen LogP contribution is -2.28. The van der Waals surface area contributed by atoms with Crippen LogP contribution in [0, 0.1) is 5.92 Å². The Morgan fingerprint density at radius 3 is 2.45 bits per heavy atom. The fourth-order valence-electron chi connectivity index (χ4n) is 3.30. The molecule has 8 heteroatoms. The number of hydrogen-bond acceptors (Lipinski definition) is 6. The van der Waals surface area contributed by atoms with Crippen LogP contribution in [-0.4, -0.2) is 44.1 Å². The number of ether oxygens (including phenoxy) is 3. The van der Waals surface area contributed by atoms with E-state index in [0.717, 1.165) is 0 Å². The van der Waals surface area contributed by atoms with Crippen LogP contribution in [0.5, 0.6) is 11.5 Å². The highest BCUT2D eigenvalue weighted by Gasteiger charge is 2.36. The van der Waals surface area contributed by atoms with Crippen molar-refractivity contribution >= 4 is 29.2 Å². The van der Waals surface area contributed by atoms with Crippen LogP contribution in [0.4, 0.5) is 11.4 Å². The lowest BCUT2D eigenvalue weighted by atomic mass is 10.1. The third kappa shape index (κ3) is 5.75. The molecule has 1 N–H and O–H groups in total. The minimum Gasteiger partial charge on any atom is -0.494 e. The van der Waals surface area contributed by atoms with Gasteiger partial charge in [0, 0.05) is 18.7 Å². The maximum absolute atomic E-state index is 12.4. The quantitative estimate of drug-likeness (QED) is 0.620. The van der Waals surface area contributed by atoms with Crippen molar-refractivity contribution in [2.45, 2.75) is 20.3 Å². The van der Waals surface area contributed by atoms with Gasteiger partial charge in [0.05, 0.1) is 24.8 Å². The summed E-state index contributed by atoms with van der Waals surface area (Å²) in [5, 5.41) is 2.67. The number of amides is 2. The Hall–Kier alpha value is -3.55. The standard InChI is InChI=1S/C23H26N2O6/c1-3-29-18-11-9-17(10-12-18)25-14-16(13-22(25)27)23(28)31-15-21(26)24-19-7-5-6-8-20(19)30-4-2/h5-12,16H,3-4,13-15H2,1-2H3,(H,24,26)/t16-/m1/s1. The molecule has 164 valence electrons. The molecule has 8 nitrogen and oxygen atoms in total. The lowest BCUT2D eigenvalue weighted by Gasteiger charge is -2.17. The molecule has 2 aromatic rings. The van der Waals surface area contributed by atoms with E-state index in [9.17, 15) is 14.4 Å². The Bertz CT molecular complexity index is 928. The monoisotopic (exact) mass is 426 g/mol. The highest BCUT2D eigenvalue weighted by atomic mass is 16.5. The molecule has 0 aliphatic carbocycles. The number of rotatable bonds is 9. The summed E-state index contributed by atoms with van der Waals surface area (Å²) in [6, 6.07) is 14.1. The molecule has 0 unspecified atom stereocenters. The average Bonchev–Trinajstić information content (AvgIpc) is 3.16. The molecule has 1 atom stereocenters. The van der Waals surface area contributed by atoms with E-state index in [2.05, 4.69) is 5.32 Å². The predicted molar refractivity (Wildman–Crippen MR) is 115 cm³/mol. The fraction of sp³-hybridized carbons (Fsp3) is 0.348. The van der Waals surface area contributed by atoms with Gasteiger partial charge in [-0.2, -0.15) is 0 Å². The van der Waals surface area contributed by atoms with Gasteiger partial charge in [-0.15, -0.1) is 0 Å². The minimum atomic E-state index is -0.623. The SMILES string of the molecule is CCOc1ccc(N2C[C@H](C(=O)OCC(=O)Nc3ccccc3OCC)CC2=O)cc1. The Morgan fingerprint density at radius 2 is 1.74 bits per heavy atom. The first kappa shape index (κ1) is 22.1. The van der Waals surface area contributed by atoms with Gasteiger partial charge in [0.1, 0.15) is 11.5 Å². The van der Waals surface area contributed by atoms with Crippen molar-refractivity contribution in [2.24, 2.45) is 5.92 Å². The van der Waals surface area contributed by atoms with Crippen LogP contribution in [0.3, 0.4) is 0 Å². The molecule has 31 heavy (non-hydrogen) atoms. The molecule has 2 amide bonds. The van der Waals surface area contributed by atoms with Crippen LogP contribution in [0.2, 0.25) is 0 Å². The van der Waals surface area contributed by atoms with Gasteiger partial charge >= 0.3 is 5.97 Å². The number of carbonyl (C=O) groups is 3. The van der Waals surface area contributed by atoms with Crippen molar-refractivity contribution in [2.75, 3.05) is 36.6 Å². The van der Waals surface area contributed by atoms with Crippen LogP contribution in [-0.2, 0) is 19.1 Å². The molecule has 1 aliphatic heterocycles. The molecule has 0 spiro atoms. The highest BCUT2D eigenvalue weighted by molar-refractivity contribution is 6.00. The summed E-state index contributed by atoms with van der Waals surface area (Å²) in [7, 11) is 0. The zero-order valence-electron chi connectivity index (χ0n) is 17.6. The molecular weight excluding hydrogens is 400 g/mol. The zero-order valence-corrected chi connectivity index (χ0v) is 17.6. The van der Waals surface area contributed by atoms with E-state index in [-0.39, 0.29) is 18.9 Å². The lowest BCUT2D eigenvalue weighted by molar-refractivity contribution is -0.151. The minimum absolute atomic E-state index is 0.0425. The van der Waals surface area contributed by atoms with Crippen molar-refractivity contribution in [3.05, 3.63) is 48.5 Å². The smallest absolute Gasteiger partial charge is 0.311 e. The highest BCUT2D eigenvalue weighted by Crippen LogP contribution is 2.28. The topological polar surface area (TPSA) is 94.2 Å². The predicted octanol–water partition coefficient (Wildman–Crippen LogP) is 3.02. The van der Waals surface area contributed by atoms with Gasteiger partial charge in [0.25, 0.3) is 5.91 Å². The molecule has 0 radical (unpaired) electrons. The van der Waals surface area contributed by atoms with Crippen LogP contribution < -0.4 is 19.7 Å². The summed E-state index contributed by atoms with van der Waals surface area (Å²) >= 11 is 0. The van der Waals surface area contributed by atoms with E-state index in [1.807, 2.05) is 13.8 Å². The number of nitrogens with zero attached hydrogens (tertiary/aromatic N) is 1. The first-order valence-electron chi connectivity index (χ1n) is 10.2. The first-order valence-corrected chi connectivity index (χ1v) is 10.2. The number of para-hydroxylation sites is 2. The average molecular weight is 426 g/mol. The maximum atomic E-state index is 12.4. The van der Waals surface area contributed by atoms with Gasteiger partial charge in [-0.05, 0) is 50.2 Å². The van der Waals surface area contributed by atoms with E-state index in [1.165, 1.54) is 0 Å². The van der Waals surface area contributed by atoms with Gasteiger partial charge in [-0.1, -0.05) is 12.1 Å². The van der Waals surface area contributed by atoms with Crippen LogP contribution >= 0.6 is 0 Å². The van der Waals surface area contributed by atoms with Crippen LogP contribution in [0.25, 0.3) is 0 Å². The normalized spacial score (nSPS) is 15.5. The van der Waals surface area contributed by atoms with Crippen molar-refractivity contribution in [3.63, 3.8) is 0 Å². The van der Waals surface area contributed by atoms with E-state index >= 15 is 0 Å². The molecule has 0 aromatic heterocycles. The van der Waals surface area contributed by atoms with Gasteiger partial charge in [0.15, 0.2) is 6.61 Å². The summed E-state index contributed by atoms with van der Waals surface area (Å²) in [6.45, 7) is 4.53. The molecule has 1 aliphatic rings. The third-order valence-electron chi connectivity index (χ3n) is 4.72. The summed E-state index contributed by atoms with van der Waals surface area (Å²) in [5.74, 6) is -0.588. The Kier molecular flexibility index (Phi) is 7.48. The van der Waals surface area contributed by atoms with Gasteiger partial charge in [0.2, 0.25) is 5.91 Å². The first-order chi connectivity index (χ1) is 15.0. The van der Waals surface area contributed by atoms with Crippen molar-refractivity contribution in [1.82, 2.24) is 0 Å². The zero-order chi connectivity index (χ0) is 22.2. The molecule has 0 bridgehead atoms. The summed E-state index contributed by atoms with van der Waals surface area (Å²) in [5.41, 5.74) is 1.19. The second kappa shape index (κ2) is 10.5. The maximum Gasteiger partial charge on any atom is 0.311 e. The number of anilines is 2. The number of benzene rings is 2. The van der Waals surface area contributed by atoms with Crippen LogP contribution in [0.15, 0.2) is 48.5 Å². The van der Waals surface area contributed by atoms with Gasteiger partial charge < -0.3 is 24.4 Å². The van der Waals surface area contributed by atoms with Crippen molar-refractivity contribution in [1.29, 1.82) is 0 Å². The Labute approximate surface area is 181 Å². The van der Waals surface area contributed by atoms with Crippen molar-refractivity contribution < 1.29 is 28.6 Å². The molecule has 0 saturated carbocycles. The van der Waals surface area contributed by atoms with E-state index in [0.29, 0.717) is 36.1 Å². The van der Waals surface area contributed by atoms with Crippen LogP contribution in [0.1, 0.15) is 20.3 Å². The van der Waals surface area contributed by atoms with E-state index in [4.69, 9.17) is 14.2 Å². The summed E-state index contributed by atoms with van der Waals surface area (Å²) < 4.78 is 16.0. The number of hydrogen-bond donors (Lipinski definition) is 1. The Morgan fingerprint density at radius 1 is 1.03 bits per heavy atom. The molecule has 1 heterocycles. The number of esters is 1. The second-order valence-electron chi connectivity index (χ2n) is 6.92. The Balaban J connectivity index is 1.52. The largest absolute Gasteiger partial charge is 0.494 e. The second-order valence-corrected chi connectivity index (χ2v) is 6.92. The molecule has 2 aromatic carbocycles. The van der Waals surface area contributed by atoms with Gasteiger partial charge in [-0.3, -0.25) is 14.4 Å². The summed E-state index contributed by atoms with van der Waals surface area (Å²) in [4.78, 5) is 38.5. The number of nitrogens with one attached hydrogen (secondary N) is 1. The van der Waals surface area contributed by atoms with Gasteiger partial charge in [-0.25, -0.2) is 0 Å². The summed E-state index contributed by atoms with van der Waals surface area (Å²) in [6.07, 6.45) is 0.0425. The fourth-order valence-corrected chi connectivity index (χ4v) is 3.30. The molecule has 3 rings (SSSR count). The molecular formula is C23H26N2O6. The third-order valence-corrected chi connectivity index (χ3v) is 4.72. The molecule has 1 saturated heterocycles. The van der Waals surface area contributed by atoms with E-state index < -0.39 is 24.4 Å².